The number of H-pyrrole nitrogens is 1. The van der Waals surface area contributed by atoms with Crippen LogP contribution in [0.15, 0.2) is 60.8 Å². The van der Waals surface area contributed by atoms with Crippen LogP contribution >= 0.6 is 0 Å². The summed E-state index contributed by atoms with van der Waals surface area (Å²) in [6.07, 6.45) is 2.98. The third-order valence-electron chi connectivity index (χ3n) is 5.54. The van der Waals surface area contributed by atoms with Crippen molar-refractivity contribution in [3.63, 3.8) is 0 Å². The number of benzene rings is 2. The van der Waals surface area contributed by atoms with E-state index in [2.05, 4.69) is 32.4 Å². The lowest BCUT2D eigenvalue weighted by atomic mass is 10.0. The number of para-hydroxylation sites is 1. The Balaban J connectivity index is 1.65. The van der Waals surface area contributed by atoms with Crippen molar-refractivity contribution in [3.05, 3.63) is 89.0 Å². The van der Waals surface area contributed by atoms with E-state index >= 15 is 0 Å². The minimum Gasteiger partial charge on any atom is -0.363 e. The van der Waals surface area contributed by atoms with Gasteiger partial charge in [0.05, 0.1) is 18.2 Å². The normalized spacial score (nSPS) is 12.0. The summed E-state index contributed by atoms with van der Waals surface area (Å²) in [5.41, 5.74) is 5.18. The standard InChI is InChI=1S/C26H29N5O/c1-17-8-7-9-19(12-17)13-26(32)30-23(24-15-25(31(3)4)29-18(2)28-24)14-20-16-27-22-11-6-5-10-21(20)22/h5-12,15-16,23,27H,13-14H2,1-4H3,(H,30,32)/t23-/m0/s1. The predicted octanol–water partition coefficient (Wildman–Crippen LogP) is 4.28. The van der Waals surface area contributed by atoms with Crippen molar-refractivity contribution < 1.29 is 4.79 Å². The molecule has 0 unspecified atom stereocenters. The van der Waals surface area contributed by atoms with Crippen LogP contribution in [0.1, 0.15) is 34.3 Å². The van der Waals surface area contributed by atoms with Crippen LogP contribution in [0.25, 0.3) is 10.9 Å². The third kappa shape index (κ3) is 4.97. The molecule has 0 spiro atoms. The van der Waals surface area contributed by atoms with Crippen LogP contribution in [0.3, 0.4) is 0 Å². The number of rotatable bonds is 7. The van der Waals surface area contributed by atoms with E-state index in [1.54, 1.807) is 0 Å². The summed E-state index contributed by atoms with van der Waals surface area (Å²) in [5.74, 6) is 1.48. The minimum absolute atomic E-state index is 0.0249. The van der Waals surface area contributed by atoms with Gasteiger partial charge in [0.2, 0.25) is 5.91 Å². The van der Waals surface area contributed by atoms with E-state index in [1.807, 2.05) is 81.5 Å². The SMILES string of the molecule is Cc1cccc(CC(=O)N[C@@H](Cc2c[nH]c3ccccc23)c2cc(N(C)C)nc(C)n2)c1. The van der Waals surface area contributed by atoms with Crippen molar-refractivity contribution in [2.24, 2.45) is 0 Å². The van der Waals surface area contributed by atoms with Gasteiger partial charge in [-0.2, -0.15) is 0 Å². The van der Waals surface area contributed by atoms with Crippen molar-refractivity contribution in [2.75, 3.05) is 19.0 Å². The maximum absolute atomic E-state index is 13.0. The lowest BCUT2D eigenvalue weighted by molar-refractivity contribution is -0.121. The average Bonchev–Trinajstić information content (AvgIpc) is 3.16. The van der Waals surface area contributed by atoms with Crippen molar-refractivity contribution in [3.8, 4) is 0 Å². The monoisotopic (exact) mass is 427 g/mol. The van der Waals surface area contributed by atoms with E-state index in [-0.39, 0.29) is 11.9 Å². The Labute approximate surface area is 188 Å². The molecular weight excluding hydrogens is 398 g/mol. The number of hydrogen-bond acceptors (Lipinski definition) is 4. The molecule has 2 aromatic heterocycles. The average molecular weight is 428 g/mol. The van der Waals surface area contributed by atoms with Crippen LogP contribution < -0.4 is 10.2 Å². The van der Waals surface area contributed by atoms with E-state index in [4.69, 9.17) is 0 Å². The number of anilines is 1. The molecule has 2 aromatic carbocycles. The number of amides is 1. The Morgan fingerprint density at radius 1 is 1.06 bits per heavy atom. The first-order valence-corrected chi connectivity index (χ1v) is 10.8. The molecule has 2 N–H and O–H groups in total. The van der Waals surface area contributed by atoms with Gasteiger partial charge in [-0.3, -0.25) is 4.79 Å². The number of nitrogens with zero attached hydrogens (tertiary/aromatic N) is 3. The summed E-state index contributed by atoms with van der Waals surface area (Å²) >= 11 is 0. The molecule has 2 heterocycles. The fourth-order valence-corrected chi connectivity index (χ4v) is 3.98. The number of aryl methyl sites for hydroxylation is 2. The third-order valence-corrected chi connectivity index (χ3v) is 5.54. The Morgan fingerprint density at radius 3 is 2.66 bits per heavy atom. The van der Waals surface area contributed by atoms with Gasteiger partial charge in [-0.1, -0.05) is 48.0 Å². The molecule has 6 nitrogen and oxygen atoms in total. The molecule has 4 aromatic rings. The Bertz CT molecular complexity index is 1240. The van der Waals surface area contributed by atoms with Crippen molar-refractivity contribution in [1.29, 1.82) is 0 Å². The molecule has 0 radical (unpaired) electrons. The zero-order chi connectivity index (χ0) is 22.7. The number of nitrogens with one attached hydrogen (secondary N) is 2. The van der Waals surface area contributed by atoms with Crippen LogP contribution in [-0.4, -0.2) is 35.0 Å². The number of aromatic amines is 1. The summed E-state index contributed by atoms with van der Waals surface area (Å²) < 4.78 is 0. The van der Waals surface area contributed by atoms with Crippen molar-refractivity contribution in [1.82, 2.24) is 20.3 Å². The summed E-state index contributed by atoms with van der Waals surface area (Å²) in [5, 5.41) is 4.39. The second-order valence-electron chi connectivity index (χ2n) is 8.44. The lowest BCUT2D eigenvalue weighted by Gasteiger charge is -2.21. The van der Waals surface area contributed by atoms with Crippen LogP contribution in [0, 0.1) is 13.8 Å². The van der Waals surface area contributed by atoms with Gasteiger partial charge in [0, 0.05) is 43.7 Å². The number of aromatic nitrogens is 3. The van der Waals surface area contributed by atoms with Gasteiger partial charge in [-0.25, -0.2) is 9.97 Å². The first kappa shape index (κ1) is 21.6. The smallest absolute Gasteiger partial charge is 0.224 e. The number of fused-ring (bicyclic) bond motifs is 1. The highest BCUT2D eigenvalue weighted by molar-refractivity contribution is 5.83. The molecule has 4 rings (SSSR count). The van der Waals surface area contributed by atoms with E-state index in [0.717, 1.165) is 39.1 Å². The molecule has 0 bridgehead atoms. The van der Waals surface area contributed by atoms with E-state index in [0.29, 0.717) is 18.7 Å². The second kappa shape index (κ2) is 9.22. The van der Waals surface area contributed by atoms with Crippen molar-refractivity contribution in [2.45, 2.75) is 32.7 Å². The van der Waals surface area contributed by atoms with Crippen molar-refractivity contribution >= 4 is 22.6 Å². The van der Waals surface area contributed by atoms with Gasteiger partial charge in [-0.15, -0.1) is 0 Å². The highest BCUT2D eigenvalue weighted by Gasteiger charge is 2.20. The minimum atomic E-state index is -0.271. The second-order valence-corrected chi connectivity index (χ2v) is 8.44. The Kier molecular flexibility index (Phi) is 6.21. The highest BCUT2D eigenvalue weighted by Crippen LogP contribution is 2.25. The molecule has 0 aliphatic carbocycles. The van der Waals surface area contributed by atoms with Gasteiger partial charge in [0.25, 0.3) is 0 Å². The van der Waals surface area contributed by atoms with Crippen LogP contribution in [-0.2, 0) is 17.6 Å². The van der Waals surface area contributed by atoms with Crippen LogP contribution in [0.5, 0.6) is 0 Å². The molecule has 32 heavy (non-hydrogen) atoms. The molecule has 164 valence electrons. The maximum Gasteiger partial charge on any atom is 0.224 e. The lowest BCUT2D eigenvalue weighted by Crippen LogP contribution is -2.32. The maximum atomic E-state index is 13.0. The van der Waals surface area contributed by atoms with E-state index in [9.17, 15) is 4.79 Å². The topological polar surface area (TPSA) is 73.9 Å². The molecule has 0 fully saturated rings. The zero-order valence-corrected chi connectivity index (χ0v) is 19.0. The number of carbonyl (C=O) groups excluding carboxylic acids is 1. The largest absolute Gasteiger partial charge is 0.363 e. The number of hydrogen-bond donors (Lipinski definition) is 2. The zero-order valence-electron chi connectivity index (χ0n) is 19.0. The van der Waals surface area contributed by atoms with Gasteiger partial charge in [0.1, 0.15) is 11.6 Å². The summed E-state index contributed by atoms with van der Waals surface area (Å²) in [4.78, 5) is 27.5. The summed E-state index contributed by atoms with van der Waals surface area (Å²) in [7, 11) is 3.91. The van der Waals surface area contributed by atoms with Crippen LogP contribution in [0.4, 0.5) is 5.82 Å². The van der Waals surface area contributed by atoms with E-state index < -0.39 is 0 Å². The summed E-state index contributed by atoms with van der Waals surface area (Å²) in [6.45, 7) is 3.92. The van der Waals surface area contributed by atoms with Gasteiger partial charge in [-0.05, 0) is 31.0 Å². The van der Waals surface area contributed by atoms with Gasteiger partial charge in [0.15, 0.2) is 0 Å². The predicted molar refractivity (Wildman–Crippen MR) is 129 cm³/mol. The van der Waals surface area contributed by atoms with Gasteiger partial charge < -0.3 is 15.2 Å². The summed E-state index contributed by atoms with van der Waals surface area (Å²) in [6, 6.07) is 17.9. The van der Waals surface area contributed by atoms with Gasteiger partial charge >= 0.3 is 0 Å². The quantitative estimate of drug-likeness (QED) is 0.462. The van der Waals surface area contributed by atoms with E-state index in [1.165, 1.54) is 0 Å². The molecule has 6 heteroatoms. The molecule has 1 atom stereocenters. The Hall–Kier alpha value is -3.67. The first-order valence-electron chi connectivity index (χ1n) is 10.8. The fourth-order valence-electron chi connectivity index (χ4n) is 3.98. The fraction of sp³-hybridized carbons (Fsp3) is 0.269. The Morgan fingerprint density at radius 2 is 1.88 bits per heavy atom. The molecular formula is C26H29N5O. The molecule has 0 saturated heterocycles. The molecule has 1 amide bonds. The molecule has 0 saturated carbocycles. The van der Waals surface area contributed by atoms with Crippen LogP contribution in [0.2, 0.25) is 0 Å². The molecule has 0 aliphatic rings. The highest BCUT2D eigenvalue weighted by atomic mass is 16.1. The number of carbonyl (C=O) groups is 1. The first-order chi connectivity index (χ1) is 15.4. The molecule has 0 aliphatic heterocycles.